The van der Waals surface area contributed by atoms with Gasteiger partial charge in [-0.1, -0.05) is 12.1 Å². The molecule has 64 valence electrons. The molecule has 1 amide bonds. The van der Waals surface area contributed by atoms with Gasteiger partial charge in [-0.15, -0.1) is 0 Å². The van der Waals surface area contributed by atoms with Gasteiger partial charge in [-0.25, -0.2) is 0 Å². The zero-order chi connectivity index (χ0) is 8.97. The Labute approximate surface area is 71.6 Å². The average Bonchev–Trinajstić information content (AvgIpc) is 2.04. The van der Waals surface area contributed by atoms with Crippen LogP contribution < -0.4 is 11.1 Å². The highest BCUT2D eigenvalue weighted by Crippen LogP contribution is 2.06. The van der Waals surface area contributed by atoms with Crippen molar-refractivity contribution < 1.29 is 4.79 Å². The van der Waals surface area contributed by atoms with Crippen molar-refractivity contribution in [3.8, 4) is 0 Å². The van der Waals surface area contributed by atoms with Crippen molar-refractivity contribution in [2.24, 2.45) is 0 Å². The normalized spacial score (nSPS) is 9.42. The molecule has 1 aromatic rings. The highest BCUT2D eigenvalue weighted by molar-refractivity contribution is 5.78. The minimum Gasteiger partial charge on any atom is -0.399 e. The summed E-state index contributed by atoms with van der Waals surface area (Å²) in [5, 5.41) is 2.55. The molecule has 0 aliphatic carbocycles. The van der Waals surface area contributed by atoms with Gasteiger partial charge in [0.1, 0.15) is 0 Å². The molecule has 0 aliphatic heterocycles. The molecular formula is C9H12N2O. The van der Waals surface area contributed by atoms with E-state index in [2.05, 4.69) is 5.32 Å². The number of nitrogens with one attached hydrogen (secondary N) is 1. The number of hydrogen-bond acceptors (Lipinski definition) is 2. The maximum Gasteiger partial charge on any atom is 0.224 e. The quantitative estimate of drug-likeness (QED) is 0.627. The Hall–Kier alpha value is -1.51. The van der Waals surface area contributed by atoms with Gasteiger partial charge in [0, 0.05) is 12.7 Å². The van der Waals surface area contributed by atoms with Crippen LogP contribution >= 0.6 is 0 Å². The number of likely N-dealkylation sites (N-methyl/N-ethyl adjacent to an activating group) is 1. The van der Waals surface area contributed by atoms with Crippen LogP contribution in [0, 0.1) is 0 Å². The fourth-order valence-corrected chi connectivity index (χ4v) is 0.977. The topological polar surface area (TPSA) is 55.1 Å². The fourth-order valence-electron chi connectivity index (χ4n) is 0.977. The molecule has 1 aromatic carbocycles. The van der Waals surface area contributed by atoms with Crippen LogP contribution in [-0.2, 0) is 11.2 Å². The van der Waals surface area contributed by atoms with Crippen LogP contribution in [-0.4, -0.2) is 13.0 Å². The van der Waals surface area contributed by atoms with E-state index in [9.17, 15) is 4.79 Å². The molecule has 0 aliphatic rings. The van der Waals surface area contributed by atoms with Crippen molar-refractivity contribution in [3.63, 3.8) is 0 Å². The molecule has 0 saturated carbocycles. The van der Waals surface area contributed by atoms with Gasteiger partial charge in [0.25, 0.3) is 0 Å². The van der Waals surface area contributed by atoms with Crippen molar-refractivity contribution in [2.75, 3.05) is 12.8 Å². The van der Waals surface area contributed by atoms with Crippen LogP contribution in [0.25, 0.3) is 0 Å². The van der Waals surface area contributed by atoms with E-state index in [0.29, 0.717) is 12.1 Å². The SMILES string of the molecule is CNC(=O)Cc1cccc(N)c1. The second-order valence-electron chi connectivity index (χ2n) is 2.59. The van der Waals surface area contributed by atoms with E-state index in [1.165, 1.54) is 0 Å². The maximum absolute atomic E-state index is 10.9. The third-order valence-corrected chi connectivity index (χ3v) is 1.59. The number of amides is 1. The molecule has 0 fully saturated rings. The van der Waals surface area contributed by atoms with Gasteiger partial charge in [0.05, 0.1) is 6.42 Å². The minimum atomic E-state index is 0.000556. The first-order valence-electron chi connectivity index (χ1n) is 3.77. The Morgan fingerprint density at radius 1 is 1.58 bits per heavy atom. The summed E-state index contributed by atoms with van der Waals surface area (Å²) in [7, 11) is 1.62. The lowest BCUT2D eigenvalue weighted by atomic mass is 10.1. The van der Waals surface area contributed by atoms with Crippen molar-refractivity contribution in [2.45, 2.75) is 6.42 Å². The van der Waals surface area contributed by atoms with Crippen LogP contribution in [0.15, 0.2) is 24.3 Å². The molecule has 0 spiro atoms. The molecule has 3 nitrogen and oxygen atoms in total. The Morgan fingerprint density at radius 2 is 2.33 bits per heavy atom. The number of hydrogen-bond donors (Lipinski definition) is 2. The molecule has 12 heavy (non-hydrogen) atoms. The molecule has 0 aromatic heterocycles. The molecule has 1 rings (SSSR count). The summed E-state index contributed by atoms with van der Waals surface area (Å²) in [6.07, 6.45) is 0.390. The summed E-state index contributed by atoms with van der Waals surface area (Å²) in [6, 6.07) is 7.32. The summed E-state index contributed by atoms with van der Waals surface area (Å²) in [4.78, 5) is 10.9. The van der Waals surface area contributed by atoms with Crippen LogP contribution in [0.5, 0.6) is 0 Å². The van der Waals surface area contributed by atoms with Crippen LogP contribution in [0.4, 0.5) is 5.69 Å². The molecule has 0 atom stereocenters. The molecule has 0 saturated heterocycles. The van der Waals surface area contributed by atoms with Gasteiger partial charge in [-0.05, 0) is 17.7 Å². The lowest BCUT2D eigenvalue weighted by Crippen LogP contribution is -2.19. The second kappa shape index (κ2) is 3.76. The minimum absolute atomic E-state index is 0.000556. The van der Waals surface area contributed by atoms with Gasteiger partial charge in [0.2, 0.25) is 5.91 Å². The number of carbonyl (C=O) groups is 1. The average molecular weight is 164 g/mol. The van der Waals surface area contributed by atoms with Gasteiger partial charge < -0.3 is 11.1 Å². The van der Waals surface area contributed by atoms with E-state index >= 15 is 0 Å². The van der Waals surface area contributed by atoms with Crippen molar-refractivity contribution in [1.82, 2.24) is 5.32 Å². The number of rotatable bonds is 2. The molecule has 0 bridgehead atoms. The lowest BCUT2D eigenvalue weighted by Gasteiger charge is -2.00. The van der Waals surface area contributed by atoms with Crippen molar-refractivity contribution >= 4 is 11.6 Å². The smallest absolute Gasteiger partial charge is 0.224 e. The molecule has 0 unspecified atom stereocenters. The summed E-state index contributed by atoms with van der Waals surface area (Å²) in [6.45, 7) is 0. The first-order valence-corrected chi connectivity index (χ1v) is 3.77. The maximum atomic E-state index is 10.9. The fraction of sp³-hybridized carbons (Fsp3) is 0.222. The first kappa shape index (κ1) is 8.59. The van der Waals surface area contributed by atoms with Crippen LogP contribution in [0.1, 0.15) is 5.56 Å². The van der Waals surface area contributed by atoms with E-state index in [4.69, 9.17) is 5.73 Å². The van der Waals surface area contributed by atoms with Crippen molar-refractivity contribution in [3.05, 3.63) is 29.8 Å². The summed E-state index contributed by atoms with van der Waals surface area (Å²) < 4.78 is 0. The first-order chi connectivity index (χ1) is 5.72. The van der Waals surface area contributed by atoms with E-state index in [-0.39, 0.29) is 5.91 Å². The number of anilines is 1. The van der Waals surface area contributed by atoms with Crippen LogP contribution in [0.2, 0.25) is 0 Å². The number of carbonyl (C=O) groups excluding carboxylic acids is 1. The Bertz CT molecular complexity index is 284. The largest absolute Gasteiger partial charge is 0.399 e. The predicted molar refractivity (Wildman–Crippen MR) is 48.6 cm³/mol. The van der Waals surface area contributed by atoms with Crippen molar-refractivity contribution in [1.29, 1.82) is 0 Å². The van der Waals surface area contributed by atoms with E-state index in [1.54, 1.807) is 19.2 Å². The van der Waals surface area contributed by atoms with Crippen LogP contribution in [0.3, 0.4) is 0 Å². The second-order valence-corrected chi connectivity index (χ2v) is 2.59. The van der Waals surface area contributed by atoms with E-state index < -0.39 is 0 Å². The standard InChI is InChI=1S/C9H12N2O/c1-11-9(12)6-7-3-2-4-8(10)5-7/h2-5H,6,10H2,1H3,(H,11,12). The monoisotopic (exact) mass is 164 g/mol. The molecular weight excluding hydrogens is 152 g/mol. The van der Waals surface area contributed by atoms with Gasteiger partial charge in [-0.2, -0.15) is 0 Å². The molecule has 0 heterocycles. The number of benzene rings is 1. The summed E-state index contributed by atoms with van der Waals surface area (Å²) in [5.41, 5.74) is 7.17. The third-order valence-electron chi connectivity index (χ3n) is 1.59. The number of nitrogen functional groups attached to an aromatic ring is 1. The molecule has 3 heteroatoms. The van der Waals surface area contributed by atoms with Gasteiger partial charge in [-0.3, -0.25) is 4.79 Å². The van der Waals surface area contributed by atoms with E-state index in [0.717, 1.165) is 5.56 Å². The Balaban J connectivity index is 2.69. The zero-order valence-corrected chi connectivity index (χ0v) is 7.00. The molecule has 3 N–H and O–H groups in total. The number of nitrogens with two attached hydrogens (primary N) is 1. The lowest BCUT2D eigenvalue weighted by molar-refractivity contribution is -0.119. The molecule has 0 radical (unpaired) electrons. The summed E-state index contributed by atoms with van der Waals surface area (Å²) in [5.74, 6) is 0.000556. The van der Waals surface area contributed by atoms with Gasteiger partial charge >= 0.3 is 0 Å². The highest BCUT2D eigenvalue weighted by atomic mass is 16.1. The predicted octanol–water partition coefficient (Wildman–Crippen LogP) is 0.557. The van der Waals surface area contributed by atoms with Gasteiger partial charge in [0.15, 0.2) is 0 Å². The summed E-state index contributed by atoms with van der Waals surface area (Å²) >= 11 is 0. The Morgan fingerprint density at radius 3 is 2.92 bits per heavy atom. The zero-order valence-electron chi connectivity index (χ0n) is 7.00. The van der Waals surface area contributed by atoms with E-state index in [1.807, 2.05) is 12.1 Å². The Kier molecular flexibility index (Phi) is 2.69. The third kappa shape index (κ3) is 2.27. The highest BCUT2D eigenvalue weighted by Gasteiger charge is 1.99.